The second-order valence-corrected chi connectivity index (χ2v) is 5.39. The lowest BCUT2D eigenvalue weighted by atomic mass is 9.85. The zero-order valence-electron chi connectivity index (χ0n) is 12.2. The maximum Gasteiger partial charge on any atom is 0.316 e. The van der Waals surface area contributed by atoms with E-state index in [0.29, 0.717) is 6.42 Å². The normalized spacial score (nSPS) is 24.8. The summed E-state index contributed by atoms with van der Waals surface area (Å²) >= 11 is 0. The van der Waals surface area contributed by atoms with Crippen LogP contribution in [0.4, 0.5) is 0 Å². The predicted molar refractivity (Wildman–Crippen MR) is 77.6 cm³/mol. The van der Waals surface area contributed by atoms with Crippen LogP contribution >= 0.6 is 0 Å². The Bertz CT molecular complexity index is 509. The molecule has 1 saturated carbocycles. The van der Waals surface area contributed by atoms with Crippen molar-refractivity contribution in [2.45, 2.75) is 26.2 Å². The zero-order valence-corrected chi connectivity index (χ0v) is 12.2. The molecule has 0 unspecified atom stereocenters. The van der Waals surface area contributed by atoms with Gasteiger partial charge in [0.25, 0.3) is 0 Å². The molecular formula is C17H20O4. The highest BCUT2D eigenvalue weighted by Crippen LogP contribution is 2.37. The van der Waals surface area contributed by atoms with Gasteiger partial charge in [-0.2, -0.15) is 0 Å². The average molecular weight is 288 g/mol. The first-order chi connectivity index (χ1) is 10.2. The Balaban J connectivity index is 2.09. The van der Waals surface area contributed by atoms with Crippen molar-refractivity contribution in [3.8, 4) is 0 Å². The van der Waals surface area contributed by atoms with E-state index < -0.39 is 11.9 Å². The molecule has 112 valence electrons. The summed E-state index contributed by atoms with van der Waals surface area (Å²) in [6, 6.07) is 9.86. The number of esters is 1. The molecule has 21 heavy (non-hydrogen) atoms. The van der Waals surface area contributed by atoms with Crippen molar-refractivity contribution in [3.05, 3.63) is 35.9 Å². The Morgan fingerprint density at radius 1 is 1.33 bits per heavy atom. The molecule has 0 radical (unpaired) electrons. The molecule has 0 heterocycles. The highest BCUT2D eigenvalue weighted by Gasteiger charge is 2.46. The van der Waals surface area contributed by atoms with Crippen LogP contribution < -0.4 is 0 Å². The molecule has 0 aliphatic heterocycles. The molecule has 0 aromatic heterocycles. The molecule has 3 atom stereocenters. The second kappa shape index (κ2) is 7.16. The van der Waals surface area contributed by atoms with Crippen molar-refractivity contribution in [2.24, 2.45) is 17.8 Å². The smallest absolute Gasteiger partial charge is 0.316 e. The van der Waals surface area contributed by atoms with Crippen LogP contribution in [0.2, 0.25) is 0 Å². The van der Waals surface area contributed by atoms with Crippen molar-refractivity contribution in [1.82, 2.24) is 0 Å². The minimum atomic E-state index is -0.774. The number of ether oxygens (including phenoxy) is 1. The topological polar surface area (TPSA) is 60.4 Å². The first kappa shape index (κ1) is 15.4. The van der Waals surface area contributed by atoms with Crippen LogP contribution in [0.1, 0.15) is 25.3 Å². The highest BCUT2D eigenvalue weighted by atomic mass is 16.5. The highest BCUT2D eigenvalue weighted by molar-refractivity contribution is 6.02. The van der Waals surface area contributed by atoms with Crippen LogP contribution in [0.5, 0.6) is 0 Å². The summed E-state index contributed by atoms with van der Waals surface area (Å²) in [4.78, 5) is 35.2. The monoisotopic (exact) mass is 288 g/mol. The summed E-state index contributed by atoms with van der Waals surface area (Å²) in [7, 11) is 0. The van der Waals surface area contributed by atoms with E-state index >= 15 is 0 Å². The predicted octanol–water partition coefficient (Wildman–Crippen LogP) is 2.20. The molecule has 1 aromatic carbocycles. The molecule has 0 amide bonds. The fourth-order valence-electron chi connectivity index (χ4n) is 3.04. The SMILES string of the molecule is CCOC(=O)[C@@H]1C(=O)C[C@H](C=O)[C@H]1CCc1ccccc1. The van der Waals surface area contributed by atoms with Gasteiger partial charge < -0.3 is 9.53 Å². The van der Waals surface area contributed by atoms with Gasteiger partial charge in [0.2, 0.25) is 0 Å². The van der Waals surface area contributed by atoms with Gasteiger partial charge in [0.1, 0.15) is 18.0 Å². The summed E-state index contributed by atoms with van der Waals surface area (Å²) in [5.74, 6) is -2.03. The van der Waals surface area contributed by atoms with Gasteiger partial charge in [-0.1, -0.05) is 30.3 Å². The van der Waals surface area contributed by atoms with Crippen molar-refractivity contribution in [1.29, 1.82) is 0 Å². The van der Waals surface area contributed by atoms with Crippen LogP contribution in [0.25, 0.3) is 0 Å². The molecule has 0 spiro atoms. The van der Waals surface area contributed by atoms with Gasteiger partial charge in [-0.05, 0) is 31.2 Å². The van der Waals surface area contributed by atoms with Gasteiger partial charge in [-0.25, -0.2) is 0 Å². The third-order valence-corrected chi connectivity index (χ3v) is 4.09. The lowest BCUT2D eigenvalue weighted by Crippen LogP contribution is -2.29. The van der Waals surface area contributed by atoms with Crippen molar-refractivity contribution < 1.29 is 19.1 Å². The van der Waals surface area contributed by atoms with E-state index in [4.69, 9.17) is 4.74 Å². The summed E-state index contributed by atoms with van der Waals surface area (Å²) in [5.41, 5.74) is 1.14. The average Bonchev–Trinajstić information content (AvgIpc) is 2.82. The van der Waals surface area contributed by atoms with Gasteiger partial charge in [0.05, 0.1) is 6.61 Å². The largest absolute Gasteiger partial charge is 0.465 e. The van der Waals surface area contributed by atoms with Crippen molar-refractivity contribution >= 4 is 18.0 Å². The summed E-state index contributed by atoms with van der Waals surface area (Å²) in [6.45, 7) is 1.97. The van der Waals surface area contributed by atoms with E-state index in [1.54, 1.807) is 6.92 Å². The maximum atomic E-state index is 12.0. The Labute approximate surface area is 124 Å². The summed E-state index contributed by atoms with van der Waals surface area (Å²) < 4.78 is 5.00. The van der Waals surface area contributed by atoms with E-state index in [1.165, 1.54) is 0 Å². The summed E-state index contributed by atoms with van der Waals surface area (Å²) in [5, 5.41) is 0. The lowest BCUT2D eigenvalue weighted by molar-refractivity contribution is -0.152. The van der Waals surface area contributed by atoms with E-state index in [1.807, 2.05) is 30.3 Å². The second-order valence-electron chi connectivity index (χ2n) is 5.39. The number of carbonyl (C=O) groups is 3. The molecule has 4 heteroatoms. The Morgan fingerprint density at radius 2 is 2.05 bits per heavy atom. The van der Waals surface area contributed by atoms with Crippen LogP contribution in [0.3, 0.4) is 0 Å². The first-order valence-corrected chi connectivity index (χ1v) is 7.36. The molecule has 4 nitrogen and oxygen atoms in total. The molecule has 1 fully saturated rings. The number of carbonyl (C=O) groups excluding carboxylic acids is 3. The molecule has 0 N–H and O–H groups in total. The third kappa shape index (κ3) is 3.57. The molecule has 0 bridgehead atoms. The van der Waals surface area contributed by atoms with Gasteiger partial charge >= 0.3 is 5.97 Å². The number of hydrogen-bond acceptors (Lipinski definition) is 4. The van der Waals surface area contributed by atoms with Crippen LogP contribution in [0.15, 0.2) is 30.3 Å². The van der Waals surface area contributed by atoms with E-state index in [2.05, 4.69) is 0 Å². The van der Waals surface area contributed by atoms with Crippen LogP contribution in [0, 0.1) is 17.8 Å². The maximum absolute atomic E-state index is 12.0. The fraction of sp³-hybridized carbons (Fsp3) is 0.471. The van der Waals surface area contributed by atoms with E-state index in [9.17, 15) is 14.4 Å². The molecule has 1 aromatic rings. The minimum absolute atomic E-state index is 0.159. The molecular weight excluding hydrogens is 268 g/mol. The number of hydrogen-bond donors (Lipinski definition) is 0. The molecule has 1 aliphatic carbocycles. The molecule has 0 saturated heterocycles. The van der Waals surface area contributed by atoms with Gasteiger partial charge in [0, 0.05) is 12.3 Å². The number of rotatable bonds is 6. The Hall–Kier alpha value is -1.97. The number of Topliss-reactive ketones (excluding diaryl/α,β-unsaturated/α-hetero) is 1. The van der Waals surface area contributed by atoms with Crippen molar-refractivity contribution in [2.75, 3.05) is 6.61 Å². The quantitative estimate of drug-likeness (QED) is 0.457. The summed E-state index contributed by atoms with van der Waals surface area (Å²) in [6.07, 6.45) is 2.36. The third-order valence-electron chi connectivity index (χ3n) is 4.09. The van der Waals surface area contributed by atoms with Gasteiger partial charge in [-0.3, -0.25) is 9.59 Å². The number of aldehydes is 1. The van der Waals surface area contributed by atoms with E-state index in [0.717, 1.165) is 18.3 Å². The van der Waals surface area contributed by atoms with Crippen LogP contribution in [-0.4, -0.2) is 24.6 Å². The van der Waals surface area contributed by atoms with Crippen LogP contribution in [-0.2, 0) is 25.5 Å². The van der Waals surface area contributed by atoms with Gasteiger partial charge in [-0.15, -0.1) is 0 Å². The van der Waals surface area contributed by atoms with E-state index in [-0.39, 0.29) is 30.6 Å². The lowest BCUT2D eigenvalue weighted by Gasteiger charge is -2.19. The fourth-order valence-corrected chi connectivity index (χ4v) is 3.04. The molecule has 1 aliphatic rings. The standard InChI is InChI=1S/C17H20O4/c1-2-21-17(20)16-14(13(11-18)10-15(16)19)9-8-12-6-4-3-5-7-12/h3-7,11,13-14,16H,2,8-10H2,1H3/t13-,14-,16+/m1/s1. The number of aryl methyl sites for hydroxylation is 1. The Morgan fingerprint density at radius 3 is 2.67 bits per heavy atom. The van der Waals surface area contributed by atoms with Gasteiger partial charge in [0.15, 0.2) is 0 Å². The Kier molecular flexibility index (Phi) is 5.26. The first-order valence-electron chi connectivity index (χ1n) is 7.36. The number of benzene rings is 1. The van der Waals surface area contributed by atoms with Crippen molar-refractivity contribution in [3.63, 3.8) is 0 Å². The minimum Gasteiger partial charge on any atom is -0.465 e. The zero-order chi connectivity index (χ0) is 15.2. The number of ketones is 1. The molecule has 2 rings (SSSR count).